The van der Waals surface area contributed by atoms with Crippen LogP contribution in [-0.2, 0) is 26.1 Å². The Bertz CT molecular complexity index is 934. The van der Waals surface area contributed by atoms with E-state index in [1.807, 2.05) is 37.3 Å². The molecule has 0 aliphatic carbocycles. The maximum atomic E-state index is 13.5. The van der Waals surface area contributed by atoms with Crippen molar-refractivity contribution in [1.82, 2.24) is 9.62 Å². The summed E-state index contributed by atoms with van der Waals surface area (Å²) < 4.78 is 43.9. The van der Waals surface area contributed by atoms with Gasteiger partial charge in [-0.25, -0.2) is 8.42 Å². The van der Waals surface area contributed by atoms with Crippen LogP contribution in [0.25, 0.3) is 0 Å². The number of carbonyl (C=O) groups is 1. The number of hydrogen-bond acceptors (Lipinski definition) is 6. The molecule has 1 N–H and O–H groups in total. The second kappa shape index (κ2) is 12.3. The van der Waals surface area contributed by atoms with Gasteiger partial charge in [-0.15, -0.1) is 0 Å². The Hall–Kier alpha value is -2.62. The van der Waals surface area contributed by atoms with Gasteiger partial charge in [0.05, 0.1) is 20.8 Å². The highest BCUT2D eigenvalue weighted by Gasteiger charge is 2.30. The zero-order valence-electron chi connectivity index (χ0n) is 18.2. The molecular weight excluding hydrogens is 420 g/mol. The molecule has 2 aromatic carbocycles. The molecule has 31 heavy (non-hydrogen) atoms. The highest BCUT2D eigenvalue weighted by molar-refractivity contribution is 7.89. The van der Waals surface area contributed by atoms with E-state index in [4.69, 9.17) is 14.2 Å². The Morgan fingerprint density at radius 3 is 2.45 bits per heavy atom. The number of hydrogen-bond donors (Lipinski definition) is 1. The Kier molecular flexibility index (Phi) is 9.77. The van der Waals surface area contributed by atoms with Crippen LogP contribution < -0.4 is 14.8 Å². The lowest BCUT2D eigenvalue weighted by molar-refractivity contribution is -0.121. The maximum Gasteiger partial charge on any atom is 0.247 e. The van der Waals surface area contributed by atoms with Gasteiger partial charge in [0.15, 0.2) is 0 Å². The average molecular weight is 451 g/mol. The molecule has 0 aromatic heterocycles. The normalized spacial score (nSPS) is 11.4. The predicted molar refractivity (Wildman–Crippen MR) is 118 cm³/mol. The third kappa shape index (κ3) is 7.23. The van der Waals surface area contributed by atoms with E-state index in [-0.39, 0.29) is 23.7 Å². The summed E-state index contributed by atoms with van der Waals surface area (Å²) in [6, 6.07) is 13.6. The van der Waals surface area contributed by atoms with Crippen LogP contribution in [0.1, 0.15) is 18.9 Å². The molecule has 0 fully saturated rings. The summed E-state index contributed by atoms with van der Waals surface area (Å²) in [5, 5.41) is 2.75. The number of ether oxygens (including phenoxy) is 3. The summed E-state index contributed by atoms with van der Waals surface area (Å²) in [4.78, 5) is 12.5. The minimum Gasteiger partial charge on any atom is -0.497 e. The van der Waals surface area contributed by atoms with E-state index >= 15 is 0 Å². The number of rotatable bonds is 13. The maximum absolute atomic E-state index is 13.5. The number of amides is 1. The molecule has 0 bridgehead atoms. The largest absolute Gasteiger partial charge is 0.497 e. The molecule has 0 atom stereocenters. The zero-order valence-corrected chi connectivity index (χ0v) is 19.0. The van der Waals surface area contributed by atoms with Crippen LogP contribution in [0.15, 0.2) is 53.4 Å². The Morgan fingerprint density at radius 2 is 1.81 bits per heavy atom. The monoisotopic (exact) mass is 450 g/mol. The van der Waals surface area contributed by atoms with Crippen LogP contribution in [0.2, 0.25) is 0 Å². The molecule has 2 aromatic rings. The van der Waals surface area contributed by atoms with E-state index in [0.717, 1.165) is 9.87 Å². The van der Waals surface area contributed by atoms with Gasteiger partial charge in [0.2, 0.25) is 15.9 Å². The second-order valence-electron chi connectivity index (χ2n) is 6.68. The highest BCUT2D eigenvalue weighted by atomic mass is 32.2. The minimum absolute atomic E-state index is 0.0376. The van der Waals surface area contributed by atoms with Gasteiger partial charge < -0.3 is 19.5 Å². The fraction of sp³-hybridized carbons (Fsp3) is 0.409. The van der Waals surface area contributed by atoms with Gasteiger partial charge in [-0.2, -0.15) is 4.31 Å². The molecule has 0 unspecified atom stereocenters. The van der Waals surface area contributed by atoms with Gasteiger partial charge in [0, 0.05) is 32.4 Å². The van der Waals surface area contributed by atoms with Crippen LogP contribution in [0.4, 0.5) is 0 Å². The number of nitrogens with one attached hydrogen (secondary N) is 1. The van der Waals surface area contributed by atoms with Gasteiger partial charge in [0.1, 0.15) is 16.4 Å². The van der Waals surface area contributed by atoms with E-state index in [2.05, 4.69) is 5.32 Å². The summed E-state index contributed by atoms with van der Waals surface area (Å²) in [6.45, 7) is 3.16. The van der Waals surface area contributed by atoms with E-state index < -0.39 is 15.9 Å². The lowest BCUT2D eigenvalue weighted by Crippen LogP contribution is -2.40. The molecule has 0 radical (unpaired) electrons. The number of methoxy groups -OCH3 is 2. The molecule has 0 saturated carbocycles. The van der Waals surface area contributed by atoms with Gasteiger partial charge in [-0.05, 0) is 31.0 Å². The molecule has 8 nitrogen and oxygen atoms in total. The van der Waals surface area contributed by atoms with Crippen molar-refractivity contribution in [3.05, 3.63) is 54.1 Å². The fourth-order valence-electron chi connectivity index (χ4n) is 2.90. The van der Waals surface area contributed by atoms with E-state index in [1.54, 1.807) is 6.07 Å². The van der Waals surface area contributed by atoms with Crippen molar-refractivity contribution in [2.45, 2.75) is 24.8 Å². The summed E-state index contributed by atoms with van der Waals surface area (Å²) in [5.41, 5.74) is 0.761. The van der Waals surface area contributed by atoms with Gasteiger partial charge >= 0.3 is 0 Å². The molecule has 2 rings (SSSR count). The van der Waals surface area contributed by atoms with Crippen molar-refractivity contribution in [1.29, 1.82) is 0 Å². The molecule has 0 aliphatic rings. The van der Waals surface area contributed by atoms with Crippen molar-refractivity contribution in [3.63, 3.8) is 0 Å². The van der Waals surface area contributed by atoms with E-state index in [1.165, 1.54) is 26.4 Å². The van der Waals surface area contributed by atoms with Crippen molar-refractivity contribution in [2.24, 2.45) is 0 Å². The molecule has 0 aliphatic heterocycles. The summed E-state index contributed by atoms with van der Waals surface area (Å²) in [5.74, 6) is 0.160. The third-order valence-corrected chi connectivity index (χ3v) is 6.31. The fourth-order valence-corrected chi connectivity index (χ4v) is 4.46. The lowest BCUT2D eigenvalue weighted by atomic mass is 10.2. The van der Waals surface area contributed by atoms with Crippen molar-refractivity contribution in [2.75, 3.05) is 40.5 Å². The molecule has 0 heterocycles. The SMILES string of the molecule is CCOCCCNC(=O)CN(Cc1ccccc1)S(=O)(=O)c1cc(OC)ccc1OC. The number of carbonyl (C=O) groups excluding carboxylic acids is 1. The number of nitrogens with zero attached hydrogens (tertiary/aromatic N) is 1. The Balaban J connectivity index is 2.28. The highest BCUT2D eigenvalue weighted by Crippen LogP contribution is 2.31. The van der Waals surface area contributed by atoms with Crippen LogP contribution in [0, 0.1) is 0 Å². The summed E-state index contributed by atoms with van der Waals surface area (Å²) in [7, 11) is -1.22. The first-order valence-corrected chi connectivity index (χ1v) is 11.5. The van der Waals surface area contributed by atoms with Crippen molar-refractivity contribution >= 4 is 15.9 Å². The van der Waals surface area contributed by atoms with Gasteiger partial charge in [-0.3, -0.25) is 4.79 Å². The standard InChI is InChI=1S/C22H30N2O6S/c1-4-30-14-8-13-23-22(25)17-24(16-18-9-6-5-7-10-18)31(26,27)21-15-19(28-2)11-12-20(21)29-3/h5-7,9-12,15H,4,8,13-14,16-17H2,1-3H3,(H,23,25). The molecule has 1 amide bonds. The second-order valence-corrected chi connectivity index (χ2v) is 8.58. The van der Waals surface area contributed by atoms with E-state index in [0.29, 0.717) is 31.9 Å². The first kappa shape index (κ1) is 24.6. The zero-order chi connectivity index (χ0) is 22.7. The quantitative estimate of drug-likeness (QED) is 0.471. The van der Waals surface area contributed by atoms with Gasteiger partial charge in [0.25, 0.3) is 0 Å². The van der Waals surface area contributed by atoms with Gasteiger partial charge in [-0.1, -0.05) is 30.3 Å². The Labute approximate surface area is 184 Å². The summed E-state index contributed by atoms with van der Waals surface area (Å²) >= 11 is 0. The third-order valence-electron chi connectivity index (χ3n) is 4.50. The van der Waals surface area contributed by atoms with Crippen LogP contribution >= 0.6 is 0 Å². The smallest absolute Gasteiger partial charge is 0.247 e. The molecule has 0 saturated heterocycles. The first-order valence-electron chi connectivity index (χ1n) is 10.0. The molecule has 170 valence electrons. The van der Waals surface area contributed by atoms with Crippen LogP contribution in [-0.4, -0.2) is 59.2 Å². The molecule has 0 spiro atoms. The Morgan fingerprint density at radius 1 is 1.06 bits per heavy atom. The summed E-state index contributed by atoms with van der Waals surface area (Å²) in [6.07, 6.45) is 0.648. The number of sulfonamides is 1. The minimum atomic E-state index is -4.07. The average Bonchev–Trinajstić information content (AvgIpc) is 2.78. The topological polar surface area (TPSA) is 94.2 Å². The van der Waals surface area contributed by atoms with Crippen LogP contribution in [0.5, 0.6) is 11.5 Å². The number of benzene rings is 2. The van der Waals surface area contributed by atoms with Crippen LogP contribution in [0.3, 0.4) is 0 Å². The predicted octanol–water partition coefficient (Wildman–Crippen LogP) is 2.44. The molecular formula is C22H30N2O6S. The van der Waals surface area contributed by atoms with Crippen molar-refractivity contribution < 1.29 is 27.4 Å². The van der Waals surface area contributed by atoms with Crippen molar-refractivity contribution in [3.8, 4) is 11.5 Å². The first-order chi connectivity index (χ1) is 14.9. The lowest BCUT2D eigenvalue weighted by Gasteiger charge is -2.23. The van der Waals surface area contributed by atoms with E-state index in [9.17, 15) is 13.2 Å². The molecule has 9 heteroatoms.